The fraction of sp³-hybridized carbons (Fsp3) is 0.0312. The van der Waals surface area contributed by atoms with Crippen molar-refractivity contribution in [1.82, 2.24) is 9.55 Å². The van der Waals surface area contributed by atoms with E-state index < -0.39 is 0 Å². The molecule has 0 atom stereocenters. The van der Waals surface area contributed by atoms with Gasteiger partial charge in [0.15, 0.2) is 0 Å². The largest absolute Gasteiger partial charge is 0.309 e. The molecular formula is C32H20N4. The lowest BCUT2D eigenvalue weighted by molar-refractivity contribution is 1.15. The van der Waals surface area contributed by atoms with Crippen molar-refractivity contribution in [3.05, 3.63) is 120 Å². The van der Waals surface area contributed by atoms with Gasteiger partial charge in [-0.15, -0.1) is 0 Å². The van der Waals surface area contributed by atoms with Gasteiger partial charge in [0.2, 0.25) is 0 Å². The second-order valence-electron chi connectivity index (χ2n) is 8.81. The molecule has 4 heteroatoms. The third-order valence-corrected chi connectivity index (χ3v) is 6.71. The van der Waals surface area contributed by atoms with Crippen LogP contribution < -0.4 is 0 Å². The van der Waals surface area contributed by atoms with Crippen molar-refractivity contribution in [2.75, 3.05) is 0 Å². The molecule has 2 aromatic heterocycles. The molecule has 4 aromatic carbocycles. The quantitative estimate of drug-likeness (QED) is 0.274. The van der Waals surface area contributed by atoms with Gasteiger partial charge in [0, 0.05) is 34.4 Å². The molecule has 4 nitrogen and oxygen atoms in total. The summed E-state index contributed by atoms with van der Waals surface area (Å²) >= 11 is 0. The Kier molecular flexibility index (Phi) is 5.07. The monoisotopic (exact) mass is 460 g/mol. The van der Waals surface area contributed by atoms with E-state index in [9.17, 15) is 10.5 Å². The molecule has 0 bridgehead atoms. The first-order valence-electron chi connectivity index (χ1n) is 11.7. The minimum Gasteiger partial charge on any atom is -0.309 e. The van der Waals surface area contributed by atoms with Crippen molar-refractivity contribution in [3.63, 3.8) is 0 Å². The maximum atomic E-state index is 9.88. The van der Waals surface area contributed by atoms with E-state index in [1.165, 1.54) is 5.39 Å². The minimum atomic E-state index is 0.640. The Labute approximate surface area is 208 Å². The predicted molar refractivity (Wildman–Crippen MR) is 144 cm³/mol. The van der Waals surface area contributed by atoms with Crippen LogP contribution in [0.2, 0.25) is 0 Å². The maximum Gasteiger partial charge on any atom is 0.0998 e. The highest BCUT2D eigenvalue weighted by Gasteiger charge is 2.17. The Balaban J connectivity index is 1.66. The minimum absolute atomic E-state index is 0.640. The first kappa shape index (κ1) is 21.4. The summed E-state index contributed by atoms with van der Waals surface area (Å²) in [5.41, 5.74) is 9.52. The molecule has 0 aliphatic heterocycles. The molecule has 0 amide bonds. The zero-order valence-corrected chi connectivity index (χ0v) is 19.6. The summed E-state index contributed by atoms with van der Waals surface area (Å²) < 4.78 is 2.29. The summed E-state index contributed by atoms with van der Waals surface area (Å²) in [5, 5.41) is 21.4. The summed E-state index contributed by atoms with van der Waals surface area (Å²) in [6.07, 6.45) is 3.50. The molecular weight excluding hydrogens is 440 g/mol. The van der Waals surface area contributed by atoms with E-state index in [0.29, 0.717) is 11.1 Å². The molecule has 6 rings (SSSR count). The Bertz CT molecular complexity index is 1850. The summed E-state index contributed by atoms with van der Waals surface area (Å²) in [4.78, 5) is 4.14. The van der Waals surface area contributed by atoms with E-state index in [-0.39, 0.29) is 0 Å². The zero-order valence-electron chi connectivity index (χ0n) is 19.6. The van der Waals surface area contributed by atoms with Crippen molar-refractivity contribution in [3.8, 4) is 40.1 Å². The number of aryl methyl sites for hydroxylation is 1. The van der Waals surface area contributed by atoms with Crippen LogP contribution in [0.4, 0.5) is 0 Å². The maximum absolute atomic E-state index is 9.88. The molecule has 0 unspecified atom stereocenters. The third-order valence-electron chi connectivity index (χ3n) is 6.71. The SMILES string of the molecule is Cc1cc(C#N)c(-c2ccncc2)cc1-n1c2ccccc2c2ccc(-c3ccc(C#N)cc3)cc21. The van der Waals surface area contributed by atoms with Gasteiger partial charge in [0.05, 0.1) is 34.3 Å². The molecule has 0 saturated carbocycles. The van der Waals surface area contributed by atoms with Crippen LogP contribution in [0.3, 0.4) is 0 Å². The number of fused-ring (bicyclic) bond motifs is 3. The lowest BCUT2D eigenvalue weighted by Gasteiger charge is -2.15. The van der Waals surface area contributed by atoms with Crippen LogP contribution in [-0.4, -0.2) is 9.55 Å². The number of hydrogen-bond donors (Lipinski definition) is 0. The molecule has 36 heavy (non-hydrogen) atoms. The van der Waals surface area contributed by atoms with Gasteiger partial charge in [-0.05, 0) is 77.7 Å². The predicted octanol–water partition coefficient (Wildman–Crippen LogP) is 7.56. The van der Waals surface area contributed by atoms with Crippen molar-refractivity contribution in [2.24, 2.45) is 0 Å². The molecule has 0 spiro atoms. The van der Waals surface area contributed by atoms with Crippen molar-refractivity contribution < 1.29 is 0 Å². The molecule has 168 valence electrons. The molecule has 2 heterocycles. The van der Waals surface area contributed by atoms with Gasteiger partial charge in [0.25, 0.3) is 0 Å². The molecule has 0 saturated heterocycles. The number of pyridine rings is 1. The highest BCUT2D eigenvalue weighted by Crippen LogP contribution is 2.37. The molecule has 0 aliphatic carbocycles. The van der Waals surface area contributed by atoms with E-state index in [1.807, 2.05) is 42.5 Å². The van der Waals surface area contributed by atoms with Gasteiger partial charge in [-0.25, -0.2) is 0 Å². The van der Waals surface area contributed by atoms with Gasteiger partial charge in [-0.2, -0.15) is 10.5 Å². The van der Waals surface area contributed by atoms with Gasteiger partial charge in [-0.3, -0.25) is 4.98 Å². The second kappa shape index (κ2) is 8.55. The number of hydrogen-bond acceptors (Lipinski definition) is 3. The Morgan fingerprint density at radius 2 is 1.39 bits per heavy atom. The first-order valence-corrected chi connectivity index (χ1v) is 11.7. The van der Waals surface area contributed by atoms with Crippen LogP contribution in [0.15, 0.2) is 103 Å². The van der Waals surface area contributed by atoms with Crippen molar-refractivity contribution in [2.45, 2.75) is 6.92 Å². The lowest BCUT2D eigenvalue weighted by atomic mass is 9.97. The third kappa shape index (κ3) is 3.41. The topological polar surface area (TPSA) is 65.4 Å². The number of benzene rings is 4. The summed E-state index contributed by atoms with van der Waals surface area (Å²) in [7, 11) is 0. The fourth-order valence-corrected chi connectivity index (χ4v) is 4.95. The van der Waals surface area contributed by atoms with Crippen LogP contribution in [-0.2, 0) is 0 Å². The Morgan fingerprint density at radius 3 is 2.14 bits per heavy atom. The van der Waals surface area contributed by atoms with Gasteiger partial charge in [0.1, 0.15) is 0 Å². The van der Waals surface area contributed by atoms with Crippen LogP contribution in [0.1, 0.15) is 16.7 Å². The summed E-state index contributed by atoms with van der Waals surface area (Å²) in [6, 6.07) is 35.1. The second-order valence-corrected chi connectivity index (χ2v) is 8.81. The van der Waals surface area contributed by atoms with E-state index in [1.54, 1.807) is 12.4 Å². The van der Waals surface area contributed by atoms with Crippen molar-refractivity contribution in [1.29, 1.82) is 10.5 Å². The average molecular weight is 461 g/mol. The molecule has 0 N–H and O–H groups in total. The average Bonchev–Trinajstić information content (AvgIpc) is 3.27. The van der Waals surface area contributed by atoms with E-state index in [0.717, 1.165) is 49.9 Å². The van der Waals surface area contributed by atoms with E-state index in [2.05, 4.69) is 77.1 Å². The van der Waals surface area contributed by atoms with E-state index >= 15 is 0 Å². The number of nitrogens with zero attached hydrogens (tertiary/aromatic N) is 4. The molecule has 0 fully saturated rings. The Hall–Kier alpha value is -5.19. The smallest absolute Gasteiger partial charge is 0.0998 e. The van der Waals surface area contributed by atoms with E-state index in [4.69, 9.17) is 0 Å². The van der Waals surface area contributed by atoms with Crippen LogP contribution in [0.25, 0.3) is 49.7 Å². The number of para-hydroxylation sites is 1. The fourth-order valence-electron chi connectivity index (χ4n) is 4.95. The van der Waals surface area contributed by atoms with Crippen LogP contribution in [0.5, 0.6) is 0 Å². The van der Waals surface area contributed by atoms with Gasteiger partial charge < -0.3 is 4.57 Å². The highest BCUT2D eigenvalue weighted by atomic mass is 15.0. The number of aromatic nitrogens is 2. The summed E-state index contributed by atoms with van der Waals surface area (Å²) in [6.45, 7) is 2.05. The lowest BCUT2D eigenvalue weighted by Crippen LogP contribution is -2.00. The van der Waals surface area contributed by atoms with Crippen LogP contribution >= 0.6 is 0 Å². The highest BCUT2D eigenvalue weighted by molar-refractivity contribution is 6.10. The zero-order chi connectivity index (χ0) is 24.6. The molecule has 6 aromatic rings. The standard InChI is InChI=1S/C32H20N4/c1-21-16-26(20-34)29(24-12-14-35-15-13-24)18-31(21)36-30-5-3-2-4-27(30)28-11-10-25(17-32(28)36)23-8-6-22(19-33)7-9-23/h2-18H,1H3. The Morgan fingerprint density at radius 1 is 0.667 bits per heavy atom. The normalized spacial score (nSPS) is 10.9. The van der Waals surface area contributed by atoms with Crippen molar-refractivity contribution >= 4 is 21.8 Å². The number of rotatable bonds is 3. The number of nitriles is 2. The van der Waals surface area contributed by atoms with Gasteiger partial charge in [-0.1, -0.05) is 42.5 Å². The summed E-state index contributed by atoms with van der Waals surface area (Å²) in [5.74, 6) is 0. The van der Waals surface area contributed by atoms with Gasteiger partial charge >= 0.3 is 0 Å². The van der Waals surface area contributed by atoms with Crippen LogP contribution in [0, 0.1) is 29.6 Å². The first-order chi connectivity index (χ1) is 17.7. The molecule has 0 radical (unpaired) electrons. The molecule has 0 aliphatic rings.